The summed E-state index contributed by atoms with van der Waals surface area (Å²) in [5.74, 6) is -0.768. The van der Waals surface area contributed by atoms with Gasteiger partial charge in [0.05, 0.1) is 10.3 Å². The second kappa shape index (κ2) is 11.3. The van der Waals surface area contributed by atoms with Gasteiger partial charge in [-0.25, -0.2) is 4.39 Å². The van der Waals surface area contributed by atoms with Gasteiger partial charge in [-0.05, 0) is 86.7 Å². The molecule has 33 heavy (non-hydrogen) atoms. The Kier molecular flexibility index (Phi) is 8.43. The van der Waals surface area contributed by atoms with Crippen LogP contribution in [0.25, 0.3) is 0 Å². The monoisotopic (exact) mass is 501 g/mol. The lowest BCUT2D eigenvalue weighted by molar-refractivity contribution is -0.115. The van der Waals surface area contributed by atoms with Crippen LogP contribution in [0.5, 0.6) is 0 Å². The number of thioether (sulfide) groups is 1. The molecule has 9 heteroatoms. The molecule has 3 N–H and O–H groups in total. The summed E-state index contributed by atoms with van der Waals surface area (Å²) in [7, 11) is 0. The molecule has 0 spiro atoms. The summed E-state index contributed by atoms with van der Waals surface area (Å²) in [5.41, 5.74) is 2.58. The molecule has 0 bridgehead atoms. The molecule has 0 radical (unpaired) electrons. The smallest absolute Gasteiger partial charge is 0.237 e. The minimum atomic E-state index is -0.540. The topological polar surface area (TPSA) is 70.2 Å². The van der Waals surface area contributed by atoms with Gasteiger partial charge in [0.1, 0.15) is 5.82 Å². The van der Waals surface area contributed by atoms with Crippen molar-refractivity contribution in [2.75, 3.05) is 16.0 Å². The lowest BCUT2D eigenvalue weighted by atomic mass is 10.1. The van der Waals surface area contributed by atoms with Gasteiger partial charge in [-0.2, -0.15) is 0 Å². The normalized spacial score (nSPS) is 11.4. The van der Waals surface area contributed by atoms with E-state index in [4.69, 9.17) is 23.8 Å². The van der Waals surface area contributed by atoms with Gasteiger partial charge in [-0.3, -0.25) is 9.59 Å². The van der Waals surface area contributed by atoms with Crippen molar-refractivity contribution < 1.29 is 14.0 Å². The molecule has 3 rings (SSSR count). The molecule has 1 unspecified atom stereocenters. The molecular formula is C24H21ClFN3O2S2. The van der Waals surface area contributed by atoms with E-state index in [2.05, 4.69) is 16.0 Å². The summed E-state index contributed by atoms with van der Waals surface area (Å²) in [6, 6.07) is 18.6. The van der Waals surface area contributed by atoms with Crippen molar-refractivity contribution in [3.63, 3.8) is 0 Å². The molecule has 0 aliphatic rings. The van der Waals surface area contributed by atoms with Crippen molar-refractivity contribution in [2.24, 2.45) is 0 Å². The van der Waals surface area contributed by atoms with Gasteiger partial charge in [0, 0.05) is 27.5 Å². The number of carbonyl (C=O) groups excluding carboxylic acids is 2. The van der Waals surface area contributed by atoms with Crippen LogP contribution in [-0.2, 0) is 4.79 Å². The second-order valence-electron chi connectivity index (χ2n) is 7.12. The molecular weight excluding hydrogens is 481 g/mol. The average molecular weight is 502 g/mol. The largest absolute Gasteiger partial charge is 0.332 e. The second-order valence-corrected chi connectivity index (χ2v) is 9.35. The molecule has 1 amide bonds. The SMILES string of the molecule is CC(=O)c1ccc(NC(=S)Nc2cccc(SC(C)C(=O)Nc3ccc(F)c(Cl)c3)c2)cc1. The van der Waals surface area contributed by atoms with E-state index < -0.39 is 11.1 Å². The molecule has 0 saturated heterocycles. The van der Waals surface area contributed by atoms with Crippen LogP contribution >= 0.6 is 35.6 Å². The number of thiocarbonyl (C=S) groups is 1. The van der Waals surface area contributed by atoms with Crippen molar-refractivity contribution in [1.82, 2.24) is 0 Å². The Bertz CT molecular complexity index is 1190. The molecule has 0 fully saturated rings. The number of Topliss-reactive ketones (excluding diaryl/α,β-unsaturated/α-hetero) is 1. The van der Waals surface area contributed by atoms with Crippen LogP contribution in [0.15, 0.2) is 71.6 Å². The molecule has 0 heterocycles. The maximum atomic E-state index is 13.3. The minimum Gasteiger partial charge on any atom is -0.332 e. The fraction of sp³-hybridized carbons (Fsp3) is 0.125. The first-order valence-electron chi connectivity index (χ1n) is 9.93. The summed E-state index contributed by atoms with van der Waals surface area (Å²) >= 11 is 12.5. The highest BCUT2D eigenvalue weighted by atomic mass is 35.5. The maximum Gasteiger partial charge on any atom is 0.237 e. The first kappa shape index (κ1) is 24.7. The Labute approximate surface area is 206 Å². The quantitative estimate of drug-likeness (QED) is 0.192. The fourth-order valence-electron chi connectivity index (χ4n) is 2.80. The molecule has 5 nitrogen and oxygen atoms in total. The van der Waals surface area contributed by atoms with Gasteiger partial charge < -0.3 is 16.0 Å². The van der Waals surface area contributed by atoms with Crippen molar-refractivity contribution >= 4 is 69.4 Å². The van der Waals surface area contributed by atoms with Crippen LogP contribution in [0.2, 0.25) is 5.02 Å². The molecule has 3 aromatic rings. The minimum absolute atomic E-state index is 0.000871. The van der Waals surface area contributed by atoms with Crippen molar-refractivity contribution in [3.05, 3.63) is 83.1 Å². The van der Waals surface area contributed by atoms with Crippen LogP contribution in [-0.4, -0.2) is 22.1 Å². The Morgan fingerprint density at radius 3 is 2.24 bits per heavy atom. The summed E-state index contributed by atoms with van der Waals surface area (Å²) in [5, 5.41) is 8.86. The van der Waals surface area contributed by atoms with E-state index in [1.807, 2.05) is 24.3 Å². The first-order valence-corrected chi connectivity index (χ1v) is 11.6. The van der Waals surface area contributed by atoms with Gasteiger partial charge in [-0.1, -0.05) is 17.7 Å². The molecule has 0 aliphatic heterocycles. The number of ketones is 1. The van der Waals surface area contributed by atoms with E-state index in [0.717, 1.165) is 16.3 Å². The highest BCUT2D eigenvalue weighted by Gasteiger charge is 2.15. The van der Waals surface area contributed by atoms with Crippen molar-refractivity contribution in [3.8, 4) is 0 Å². The highest BCUT2D eigenvalue weighted by Crippen LogP contribution is 2.27. The molecule has 1 atom stereocenters. The number of rotatable bonds is 7. The van der Waals surface area contributed by atoms with Crippen LogP contribution in [0.3, 0.4) is 0 Å². The zero-order chi connectivity index (χ0) is 24.0. The molecule has 3 aromatic carbocycles. The number of anilines is 3. The lowest BCUT2D eigenvalue weighted by Gasteiger charge is -2.14. The number of benzene rings is 3. The van der Waals surface area contributed by atoms with Crippen molar-refractivity contribution in [2.45, 2.75) is 24.0 Å². The van der Waals surface area contributed by atoms with E-state index in [-0.39, 0.29) is 16.7 Å². The van der Waals surface area contributed by atoms with E-state index >= 15 is 0 Å². The number of hydrogen-bond donors (Lipinski definition) is 3. The van der Waals surface area contributed by atoms with Crippen molar-refractivity contribution in [1.29, 1.82) is 0 Å². The van der Waals surface area contributed by atoms with E-state index in [0.29, 0.717) is 16.4 Å². The van der Waals surface area contributed by atoms with E-state index in [9.17, 15) is 14.0 Å². The Morgan fingerprint density at radius 1 is 0.939 bits per heavy atom. The predicted octanol–water partition coefficient (Wildman–Crippen LogP) is 6.61. The molecule has 170 valence electrons. The summed E-state index contributed by atoms with van der Waals surface area (Å²) < 4.78 is 13.3. The number of hydrogen-bond acceptors (Lipinski definition) is 4. The Balaban J connectivity index is 1.56. The van der Waals surface area contributed by atoms with Gasteiger partial charge in [0.25, 0.3) is 0 Å². The lowest BCUT2D eigenvalue weighted by Crippen LogP contribution is -2.22. The first-order chi connectivity index (χ1) is 15.7. The number of amides is 1. The van der Waals surface area contributed by atoms with Crippen LogP contribution in [0, 0.1) is 5.82 Å². The summed E-state index contributed by atoms with van der Waals surface area (Å²) in [6.45, 7) is 3.30. The molecule has 0 saturated carbocycles. The van der Waals surface area contributed by atoms with E-state index in [1.54, 1.807) is 31.2 Å². The van der Waals surface area contributed by atoms with Crippen LogP contribution in [0.1, 0.15) is 24.2 Å². The number of carbonyl (C=O) groups is 2. The predicted molar refractivity (Wildman–Crippen MR) is 138 cm³/mol. The third-order valence-electron chi connectivity index (χ3n) is 4.51. The molecule has 0 aliphatic carbocycles. The fourth-order valence-corrected chi connectivity index (χ4v) is 4.15. The van der Waals surface area contributed by atoms with Gasteiger partial charge >= 0.3 is 0 Å². The zero-order valence-corrected chi connectivity index (χ0v) is 20.2. The number of halogens is 2. The zero-order valence-electron chi connectivity index (χ0n) is 17.8. The maximum absolute atomic E-state index is 13.3. The van der Waals surface area contributed by atoms with Gasteiger partial charge in [0.15, 0.2) is 10.9 Å². The van der Waals surface area contributed by atoms with Crippen LogP contribution < -0.4 is 16.0 Å². The Morgan fingerprint density at radius 2 is 1.58 bits per heavy atom. The Hall–Kier alpha value is -2.94. The molecule has 0 aromatic heterocycles. The summed E-state index contributed by atoms with van der Waals surface area (Å²) in [6.07, 6.45) is 0. The standard InChI is InChI=1S/C24H21ClFN3O2S2/c1-14(30)16-6-8-17(9-7-16)28-24(32)29-18-4-3-5-20(12-18)33-15(2)23(31)27-19-10-11-22(26)21(25)13-19/h3-13,15H,1-2H3,(H,27,31)(H2,28,29,32). The average Bonchev–Trinajstić information content (AvgIpc) is 2.76. The van der Waals surface area contributed by atoms with E-state index in [1.165, 1.54) is 36.9 Å². The third kappa shape index (κ3) is 7.28. The number of nitrogens with one attached hydrogen (secondary N) is 3. The van der Waals surface area contributed by atoms with Crippen LogP contribution in [0.4, 0.5) is 21.5 Å². The third-order valence-corrected chi connectivity index (χ3v) is 6.10. The van der Waals surface area contributed by atoms with Gasteiger partial charge in [-0.15, -0.1) is 11.8 Å². The summed E-state index contributed by atoms with van der Waals surface area (Å²) in [4.78, 5) is 24.8. The highest BCUT2D eigenvalue weighted by molar-refractivity contribution is 8.00. The van der Waals surface area contributed by atoms with Gasteiger partial charge in [0.2, 0.25) is 5.91 Å².